The van der Waals surface area contributed by atoms with E-state index in [1.54, 1.807) is 0 Å². The standard InChI is InChI=1S/C50H36S/c1-49(2)40-22-12-9-15-30(40)38-28-39(46-37-21-10-13-23-41(37)50(3,4)48(46)47(38)49)45-35-19-7-5-17-33(35)44(34-18-6-8-20-36(34)45)29-25-26-32-31-16-11-14-24-42(31)51-43(32)27-29/h5-28H,1-4H3. The van der Waals surface area contributed by atoms with E-state index >= 15 is 0 Å². The monoisotopic (exact) mass is 668 g/mol. The number of fused-ring (bicyclic) bond motifs is 12. The molecule has 0 saturated heterocycles. The lowest BCUT2D eigenvalue weighted by molar-refractivity contribution is 0.601. The molecule has 0 saturated carbocycles. The van der Waals surface area contributed by atoms with Crippen LogP contribution in [0.25, 0.3) is 86.2 Å². The van der Waals surface area contributed by atoms with Crippen molar-refractivity contribution in [3.63, 3.8) is 0 Å². The highest BCUT2D eigenvalue weighted by molar-refractivity contribution is 7.25. The summed E-state index contributed by atoms with van der Waals surface area (Å²) in [5.41, 5.74) is 16.4. The minimum Gasteiger partial charge on any atom is -0.135 e. The van der Waals surface area contributed by atoms with Crippen molar-refractivity contribution in [3.05, 3.63) is 168 Å². The second-order valence-electron chi connectivity index (χ2n) is 15.6. The minimum absolute atomic E-state index is 0.104. The molecular weight excluding hydrogens is 633 g/mol. The average molecular weight is 669 g/mol. The van der Waals surface area contributed by atoms with Crippen molar-refractivity contribution in [3.8, 4) is 44.5 Å². The molecule has 0 aliphatic heterocycles. The van der Waals surface area contributed by atoms with Gasteiger partial charge in [-0.1, -0.05) is 155 Å². The first-order chi connectivity index (χ1) is 24.8. The maximum atomic E-state index is 2.57. The quantitative estimate of drug-likeness (QED) is 0.161. The molecule has 2 aliphatic carbocycles. The van der Waals surface area contributed by atoms with Crippen LogP contribution in [0, 0.1) is 0 Å². The Morgan fingerprint density at radius 1 is 0.353 bits per heavy atom. The van der Waals surface area contributed by atoms with Gasteiger partial charge < -0.3 is 0 Å². The fourth-order valence-electron chi connectivity index (χ4n) is 10.0. The van der Waals surface area contributed by atoms with Gasteiger partial charge in [-0.15, -0.1) is 11.3 Å². The number of hydrogen-bond acceptors (Lipinski definition) is 1. The van der Waals surface area contributed by atoms with Gasteiger partial charge in [-0.3, -0.25) is 0 Å². The van der Waals surface area contributed by atoms with Crippen LogP contribution in [0.4, 0.5) is 0 Å². The Hall–Kier alpha value is -5.50. The van der Waals surface area contributed by atoms with E-state index < -0.39 is 0 Å². The van der Waals surface area contributed by atoms with Gasteiger partial charge in [0.15, 0.2) is 0 Å². The Labute approximate surface area is 302 Å². The molecule has 9 aromatic rings. The smallest absolute Gasteiger partial charge is 0.0361 e. The van der Waals surface area contributed by atoms with E-state index in [0.717, 1.165) is 0 Å². The molecule has 1 aromatic heterocycles. The molecule has 0 spiro atoms. The maximum absolute atomic E-state index is 2.57. The van der Waals surface area contributed by atoms with E-state index in [1.165, 1.54) is 108 Å². The predicted molar refractivity (Wildman–Crippen MR) is 220 cm³/mol. The summed E-state index contributed by atoms with van der Waals surface area (Å²) in [4.78, 5) is 0. The molecular formula is C50H36S. The first-order valence-electron chi connectivity index (χ1n) is 18.1. The molecule has 51 heavy (non-hydrogen) atoms. The van der Waals surface area contributed by atoms with Crippen LogP contribution in [-0.4, -0.2) is 0 Å². The van der Waals surface area contributed by atoms with Crippen LogP contribution in [0.5, 0.6) is 0 Å². The Morgan fingerprint density at radius 3 is 1.55 bits per heavy atom. The number of hydrogen-bond donors (Lipinski definition) is 0. The summed E-state index contributed by atoms with van der Waals surface area (Å²) in [6, 6.07) is 55.1. The first kappa shape index (κ1) is 29.3. The lowest BCUT2D eigenvalue weighted by atomic mass is 9.71. The van der Waals surface area contributed by atoms with Crippen LogP contribution >= 0.6 is 11.3 Å². The number of thiophene rings is 1. The largest absolute Gasteiger partial charge is 0.135 e. The molecule has 0 unspecified atom stereocenters. The molecule has 0 nitrogen and oxygen atoms in total. The molecule has 11 rings (SSSR count). The van der Waals surface area contributed by atoms with Gasteiger partial charge in [0.2, 0.25) is 0 Å². The fourth-order valence-corrected chi connectivity index (χ4v) is 11.2. The zero-order chi connectivity index (χ0) is 34.2. The second kappa shape index (κ2) is 10.1. The van der Waals surface area contributed by atoms with Crippen LogP contribution < -0.4 is 0 Å². The van der Waals surface area contributed by atoms with Gasteiger partial charge in [0.25, 0.3) is 0 Å². The van der Waals surface area contributed by atoms with Crippen LogP contribution in [0.15, 0.2) is 146 Å². The summed E-state index contributed by atoms with van der Waals surface area (Å²) in [7, 11) is 0. The second-order valence-corrected chi connectivity index (χ2v) is 16.7. The van der Waals surface area contributed by atoms with Crippen LogP contribution in [0.3, 0.4) is 0 Å². The molecule has 8 aromatic carbocycles. The molecule has 0 atom stereocenters. The van der Waals surface area contributed by atoms with Crippen LogP contribution in [0.1, 0.15) is 49.9 Å². The molecule has 242 valence electrons. The van der Waals surface area contributed by atoms with E-state index in [2.05, 4.69) is 173 Å². The van der Waals surface area contributed by atoms with E-state index in [-0.39, 0.29) is 10.8 Å². The summed E-state index contributed by atoms with van der Waals surface area (Å²) in [6.07, 6.45) is 0. The molecule has 0 radical (unpaired) electrons. The first-order valence-corrected chi connectivity index (χ1v) is 18.9. The van der Waals surface area contributed by atoms with Gasteiger partial charge in [0.05, 0.1) is 0 Å². The Morgan fingerprint density at radius 2 is 0.863 bits per heavy atom. The average Bonchev–Trinajstić information content (AvgIpc) is 3.73. The summed E-state index contributed by atoms with van der Waals surface area (Å²) in [6.45, 7) is 9.77. The molecule has 0 amide bonds. The zero-order valence-electron chi connectivity index (χ0n) is 29.3. The third-order valence-electron chi connectivity index (χ3n) is 12.2. The Kier molecular flexibility index (Phi) is 5.77. The van der Waals surface area contributed by atoms with Gasteiger partial charge in [-0.2, -0.15) is 0 Å². The summed E-state index contributed by atoms with van der Waals surface area (Å²) < 4.78 is 2.68. The van der Waals surface area contributed by atoms with Gasteiger partial charge in [0.1, 0.15) is 0 Å². The SMILES string of the molecule is CC1(C)c2ccccc2-c2cc(-c3c4ccccc4c(-c4ccc5c(c4)sc4ccccc45)c4ccccc34)c3c(c21)C(C)(C)c1ccccc1-3. The molecule has 1 heterocycles. The highest BCUT2D eigenvalue weighted by Gasteiger charge is 2.47. The van der Waals surface area contributed by atoms with Crippen molar-refractivity contribution >= 4 is 53.1 Å². The highest BCUT2D eigenvalue weighted by atomic mass is 32.1. The molecule has 2 aliphatic rings. The summed E-state index contributed by atoms with van der Waals surface area (Å²) in [5.74, 6) is 0. The van der Waals surface area contributed by atoms with Crippen molar-refractivity contribution in [2.45, 2.75) is 38.5 Å². The van der Waals surface area contributed by atoms with Gasteiger partial charge in [-0.25, -0.2) is 0 Å². The lowest BCUT2D eigenvalue weighted by Crippen LogP contribution is -2.24. The lowest BCUT2D eigenvalue weighted by Gasteiger charge is -2.31. The Balaban J connectivity index is 1.29. The van der Waals surface area contributed by atoms with E-state index in [0.29, 0.717) is 0 Å². The maximum Gasteiger partial charge on any atom is 0.0361 e. The molecule has 0 N–H and O–H groups in total. The summed E-state index contributed by atoms with van der Waals surface area (Å²) in [5, 5.41) is 7.88. The van der Waals surface area contributed by atoms with E-state index in [4.69, 9.17) is 0 Å². The molecule has 0 fully saturated rings. The number of benzene rings is 8. The normalized spacial score (nSPS) is 15.0. The molecule has 1 heteroatoms. The fraction of sp³-hybridized carbons (Fsp3) is 0.120. The molecule has 0 bridgehead atoms. The van der Waals surface area contributed by atoms with Crippen molar-refractivity contribution in [2.75, 3.05) is 0 Å². The highest BCUT2D eigenvalue weighted by Crippen LogP contribution is 2.62. The summed E-state index contributed by atoms with van der Waals surface area (Å²) >= 11 is 1.89. The predicted octanol–water partition coefficient (Wildman–Crippen LogP) is 14.3. The van der Waals surface area contributed by atoms with Gasteiger partial charge in [-0.05, 0) is 107 Å². The van der Waals surface area contributed by atoms with Crippen molar-refractivity contribution in [1.29, 1.82) is 0 Å². The van der Waals surface area contributed by atoms with Crippen LogP contribution in [-0.2, 0) is 10.8 Å². The van der Waals surface area contributed by atoms with Crippen molar-refractivity contribution < 1.29 is 0 Å². The number of rotatable bonds is 2. The topological polar surface area (TPSA) is 0 Å². The van der Waals surface area contributed by atoms with E-state index in [1.807, 2.05) is 11.3 Å². The minimum atomic E-state index is -0.142. The zero-order valence-corrected chi connectivity index (χ0v) is 30.1. The van der Waals surface area contributed by atoms with Gasteiger partial charge >= 0.3 is 0 Å². The third-order valence-corrected chi connectivity index (χ3v) is 13.3. The van der Waals surface area contributed by atoms with Crippen molar-refractivity contribution in [1.82, 2.24) is 0 Å². The van der Waals surface area contributed by atoms with Gasteiger partial charge in [0, 0.05) is 31.0 Å². The third kappa shape index (κ3) is 3.75. The Bertz CT molecular complexity index is 2910. The van der Waals surface area contributed by atoms with E-state index in [9.17, 15) is 0 Å². The van der Waals surface area contributed by atoms with Crippen molar-refractivity contribution in [2.24, 2.45) is 0 Å². The van der Waals surface area contributed by atoms with Crippen LogP contribution in [0.2, 0.25) is 0 Å².